The van der Waals surface area contributed by atoms with Gasteiger partial charge in [0, 0.05) is 32.7 Å². The fourth-order valence-electron chi connectivity index (χ4n) is 3.49. The molecule has 3 rings (SSSR count). The van der Waals surface area contributed by atoms with Crippen molar-refractivity contribution in [3.8, 4) is 0 Å². The number of piperazine rings is 1. The van der Waals surface area contributed by atoms with Crippen LogP contribution in [0.1, 0.15) is 34.6 Å². The molecule has 5 nitrogen and oxygen atoms in total. The number of hydrogen-bond acceptors (Lipinski definition) is 4. The first kappa shape index (κ1) is 20.6. The fourth-order valence-corrected chi connectivity index (χ4v) is 4.11. The van der Waals surface area contributed by atoms with E-state index in [1.54, 1.807) is 6.07 Å². The van der Waals surface area contributed by atoms with Gasteiger partial charge in [-0.1, -0.05) is 44.2 Å². The lowest BCUT2D eigenvalue weighted by Crippen LogP contribution is -2.56. The first-order chi connectivity index (χ1) is 13.5. The lowest BCUT2D eigenvalue weighted by molar-refractivity contribution is -0.136. The Balaban J connectivity index is 1.56. The van der Waals surface area contributed by atoms with Gasteiger partial charge in [-0.3, -0.25) is 14.5 Å². The molecule has 1 aliphatic heterocycles. The largest absolute Gasteiger partial charge is 0.339 e. The molecule has 0 radical (unpaired) electrons. The van der Waals surface area contributed by atoms with Crippen LogP contribution in [0.3, 0.4) is 0 Å². The number of aryl methyl sites for hydroxylation is 1. The van der Waals surface area contributed by atoms with Crippen LogP contribution in [0, 0.1) is 12.8 Å². The molecule has 1 N–H and O–H groups in total. The van der Waals surface area contributed by atoms with Gasteiger partial charge in [0.1, 0.15) is 6.04 Å². The standard InChI is InChI=1S/C22H29N3O2S/c1-16(2)20(23-21(26)19-9-6-14-28-19)22(27)25-12-10-24(11-13-25)15-18-8-5-4-7-17(18)3/h4-9,14,16,20H,10-13,15H2,1-3H3,(H,23,26)/t20-/m1/s1. The van der Waals surface area contributed by atoms with Crippen molar-refractivity contribution in [1.82, 2.24) is 15.1 Å². The quantitative estimate of drug-likeness (QED) is 0.812. The SMILES string of the molecule is Cc1ccccc1CN1CCN(C(=O)[C@H](NC(=O)c2cccs2)C(C)C)CC1. The molecule has 0 aliphatic carbocycles. The molecule has 1 aromatic heterocycles. The van der Waals surface area contributed by atoms with Crippen LogP contribution in [0.4, 0.5) is 0 Å². The highest BCUT2D eigenvalue weighted by atomic mass is 32.1. The molecule has 2 aromatic rings. The number of nitrogens with one attached hydrogen (secondary N) is 1. The first-order valence-electron chi connectivity index (χ1n) is 9.85. The van der Waals surface area contributed by atoms with Crippen LogP contribution in [0.2, 0.25) is 0 Å². The molecule has 1 fully saturated rings. The number of hydrogen-bond donors (Lipinski definition) is 1. The topological polar surface area (TPSA) is 52.6 Å². The van der Waals surface area contributed by atoms with E-state index in [2.05, 4.69) is 41.4 Å². The molecule has 1 aliphatic rings. The summed E-state index contributed by atoms with van der Waals surface area (Å²) in [7, 11) is 0. The number of benzene rings is 1. The zero-order valence-electron chi connectivity index (χ0n) is 16.9. The fraction of sp³-hybridized carbons (Fsp3) is 0.455. The summed E-state index contributed by atoms with van der Waals surface area (Å²) in [5.74, 6) is -0.0999. The number of carbonyl (C=O) groups excluding carboxylic acids is 2. The molecule has 2 heterocycles. The summed E-state index contributed by atoms with van der Waals surface area (Å²) in [6.45, 7) is 10.1. The van der Waals surface area contributed by atoms with E-state index in [4.69, 9.17) is 0 Å². The maximum atomic E-state index is 13.1. The van der Waals surface area contributed by atoms with Crippen LogP contribution in [-0.4, -0.2) is 53.8 Å². The Hall–Kier alpha value is -2.18. The maximum absolute atomic E-state index is 13.1. The number of nitrogens with zero attached hydrogens (tertiary/aromatic N) is 2. The highest BCUT2D eigenvalue weighted by molar-refractivity contribution is 7.12. The van der Waals surface area contributed by atoms with Gasteiger partial charge in [0.15, 0.2) is 0 Å². The Morgan fingerprint density at radius 3 is 2.39 bits per heavy atom. The Labute approximate surface area is 171 Å². The predicted octanol–water partition coefficient (Wildman–Crippen LogP) is 3.16. The normalized spacial score (nSPS) is 16.2. The number of amides is 2. The Bertz CT molecular complexity index is 796. The Morgan fingerprint density at radius 2 is 1.79 bits per heavy atom. The van der Waals surface area contributed by atoms with Crippen LogP contribution < -0.4 is 5.32 Å². The Kier molecular flexibility index (Phi) is 6.86. The molecule has 28 heavy (non-hydrogen) atoms. The second-order valence-electron chi connectivity index (χ2n) is 7.70. The van der Waals surface area contributed by atoms with Crippen LogP contribution in [-0.2, 0) is 11.3 Å². The number of rotatable bonds is 6. The lowest BCUT2D eigenvalue weighted by Gasteiger charge is -2.37. The molecule has 1 aromatic carbocycles. The van der Waals surface area contributed by atoms with Crippen molar-refractivity contribution in [1.29, 1.82) is 0 Å². The molecule has 150 valence electrons. The van der Waals surface area contributed by atoms with Crippen molar-refractivity contribution in [2.45, 2.75) is 33.4 Å². The zero-order valence-corrected chi connectivity index (χ0v) is 17.7. The minimum Gasteiger partial charge on any atom is -0.339 e. The lowest BCUT2D eigenvalue weighted by atomic mass is 10.0. The molecule has 1 saturated heterocycles. The third-order valence-corrected chi connectivity index (χ3v) is 6.17. The van der Waals surface area contributed by atoms with Crippen LogP contribution in [0.15, 0.2) is 41.8 Å². The van der Waals surface area contributed by atoms with E-state index in [1.165, 1.54) is 22.5 Å². The van der Waals surface area contributed by atoms with Gasteiger partial charge >= 0.3 is 0 Å². The molecular weight excluding hydrogens is 370 g/mol. The van der Waals surface area contributed by atoms with Gasteiger partial charge in [-0.15, -0.1) is 11.3 Å². The summed E-state index contributed by atoms with van der Waals surface area (Å²) >= 11 is 1.39. The highest BCUT2D eigenvalue weighted by Gasteiger charge is 2.31. The Morgan fingerprint density at radius 1 is 1.07 bits per heavy atom. The second kappa shape index (κ2) is 9.34. The van der Waals surface area contributed by atoms with Gasteiger partial charge in [0.25, 0.3) is 5.91 Å². The molecular formula is C22H29N3O2S. The van der Waals surface area contributed by atoms with Crippen molar-refractivity contribution in [3.63, 3.8) is 0 Å². The van der Waals surface area contributed by atoms with Gasteiger partial charge in [-0.2, -0.15) is 0 Å². The van der Waals surface area contributed by atoms with Crippen molar-refractivity contribution < 1.29 is 9.59 Å². The van der Waals surface area contributed by atoms with Crippen molar-refractivity contribution in [2.24, 2.45) is 5.92 Å². The molecule has 0 bridgehead atoms. The van der Waals surface area contributed by atoms with Gasteiger partial charge in [-0.05, 0) is 35.4 Å². The summed E-state index contributed by atoms with van der Waals surface area (Å²) < 4.78 is 0. The van der Waals surface area contributed by atoms with Crippen LogP contribution in [0.25, 0.3) is 0 Å². The summed E-state index contributed by atoms with van der Waals surface area (Å²) in [6.07, 6.45) is 0. The summed E-state index contributed by atoms with van der Waals surface area (Å²) in [5, 5.41) is 4.81. The second-order valence-corrected chi connectivity index (χ2v) is 8.65. The van der Waals surface area contributed by atoms with E-state index < -0.39 is 6.04 Å². The van der Waals surface area contributed by atoms with E-state index in [1.807, 2.05) is 30.2 Å². The zero-order chi connectivity index (χ0) is 20.1. The van der Waals surface area contributed by atoms with E-state index in [0.29, 0.717) is 18.0 Å². The minimum atomic E-state index is -0.488. The van der Waals surface area contributed by atoms with Gasteiger partial charge in [-0.25, -0.2) is 0 Å². The molecule has 0 saturated carbocycles. The number of thiophene rings is 1. The third kappa shape index (κ3) is 5.00. The predicted molar refractivity (Wildman–Crippen MR) is 113 cm³/mol. The molecule has 0 spiro atoms. The van der Waals surface area contributed by atoms with Crippen molar-refractivity contribution >= 4 is 23.2 Å². The van der Waals surface area contributed by atoms with E-state index in [0.717, 1.165) is 19.6 Å². The third-order valence-electron chi connectivity index (χ3n) is 5.30. The highest BCUT2D eigenvalue weighted by Crippen LogP contribution is 2.15. The summed E-state index contributed by atoms with van der Waals surface area (Å²) in [5.41, 5.74) is 2.64. The number of carbonyl (C=O) groups is 2. The average molecular weight is 400 g/mol. The van der Waals surface area contributed by atoms with Crippen molar-refractivity contribution in [3.05, 3.63) is 57.8 Å². The van der Waals surface area contributed by atoms with Gasteiger partial charge < -0.3 is 10.2 Å². The monoisotopic (exact) mass is 399 g/mol. The molecule has 1 atom stereocenters. The molecule has 6 heteroatoms. The van der Waals surface area contributed by atoms with Crippen molar-refractivity contribution in [2.75, 3.05) is 26.2 Å². The summed E-state index contributed by atoms with van der Waals surface area (Å²) in [6, 6.07) is 11.6. The maximum Gasteiger partial charge on any atom is 0.262 e. The minimum absolute atomic E-state index is 0.0236. The average Bonchev–Trinajstić information content (AvgIpc) is 3.22. The van der Waals surface area contributed by atoms with Crippen LogP contribution in [0.5, 0.6) is 0 Å². The first-order valence-corrected chi connectivity index (χ1v) is 10.7. The summed E-state index contributed by atoms with van der Waals surface area (Å²) in [4.78, 5) is 30.4. The molecule has 0 unspecified atom stereocenters. The van der Waals surface area contributed by atoms with E-state index >= 15 is 0 Å². The van der Waals surface area contributed by atoms with E-state index in [-0.39, 0.29) is 17.7 Å². The van der Waals surface area contributed by atoms with Crippen LogP contribution >= 0.6 is 11.3 Å². The van der Waals surface area contributed by atoms with Gasteiger partial charge in [0.2, 0.25) is 5.91 Å². The van der Waals surface area contributed by atoms with Gasteiger partial charge in [0.05, 0.1) is 4.88 Å². The smallest absolute Gasteiger partial charge is 0.262 e. The molecule has 2 amide bonds. The van der Waals surface area contributed by atoms with E-state index in [9.17, 15) is 9.59 Å².